The molecule has 0 amide bonds. The molecule has 0 unspecified atom stereocenters. The third-order valence-corrected chi connectivity index (χ3v) is 3.50. The molecule has 0 saturated carbocycles. The second-order valence-electron chi connectivity index (χ2n) is 4.63. The molecule has 1 aliphatic rings. The standard InChI is InChI=1S/C15H15NO2/c17-15(12-6-9-18-10-7-12)14-13-4-2-1-3-11(13)5-8-16-14/h1-5,8,12H,6-7,9-10H2. The van der Waals surface area contributed by atoms with Crippen molar-refractivity contribution in [2.45, 2.75) is 12.8 Å². The van der Waals surface area contributed by atoms with E-state index in [0.717, 1.165) is 23.6 Å². The SMILES string of the molecule is O=C(c1nccc2ccccc12)C1CCOCC1. The summed E-state index contributed by atoms with van der Waals surface area (Å²) >= 11 is 0. The number of aromatic nitrogens is 1. The number of hydrogen-bond donors (Lipinski definition) is 0. The number of ketones is 1. The van der Waals surface area contributed by atoms with Gasteiger partial charge in [-0.2, -0.15) is 0 Å². The second kappa shape index (κ2) is 4.86. The van der Waals surface area contributed by atoms with Crippen LogP contribution < -0.4 is 0 Å². The first-order chi connectivity index (χ1) is 8.86. The van der Waals surface area contributed by atoms with Gasteiger partial charge < -0.3 is 4.74 Å². The maximum absolute atomic E-state index is 12.5. The average Bonchev–Trinajstić information content (AvgIpc) is 2.47. The lowest BCUT2D eigenvalue weighted by Crippen LogP contribution is -2.24. The highest BCUT2D eigenvalue weighted by atomic mass is 16.5. The number of fused-ring (bicyclic) bond motifs is 1. The molecule has 92 valence electrons. The van der Waals surface area contributed by atoms with Crippen molar-refractivity contribution in [3.63, 3.8) is 0 Å². The molecule has 0 bridgehead atoms. The topological polar surface area (TPSA) is 39.2 Å². The third-order valence-electron chi connectivity index (χ3n) is 3.50. The van der Waals surface area contributed by atoms with Gasteiger partial charge in [0, 0.05) is 30.7 Å². The van der Waals surface area contributed by atoms with Crippen LogP contribution in [0, 0.1) is 5.92 Å². The molecule has 0 radical (unpaired) electrons. The van der Waals surface area contributed by atoms with Gasteiger partial charge in [-0.15, -0.1) is 0 Å². The molecule has 0 spiro atoms. The Hall–Kier alpha value is -1.74. The lowest BCUT2D eigenvalue weighted by atomic mass is 9.91. The molecule has 0 atom stereocenters. The molecule has 2 heterocycles. The number of pyridine rings is 1. The van der Waals surface area contributed by atoms with Gasteiger partial charge in [0.2, 0.25) is 0 Å². The highest BCUT2D eigenvalue weighted by Crippen LogP contribution is 2.23. The Bertz CT molecular complexity index is 568. The lowest BCUT2D eigenvalue weighted by molar-refractivity contribution is 0.0543. The molecule has 0 aliphatic carbocycles. The van der Waals surface area contributed by atoms with Gasteiger partial charge in [0.05, 0.1) is 0 Å². The number of carbonyl (C=O) groups is 1. The average molecular weight is 241 g/mol. The van der Waals surface area contributed by atoms with E-state index < -0.39 is 0 Å². The normalized spacial score (nSPS) is 16.9. The summed E-state index contributed by atoms with van der Waals surface area (Å²) in [4.78, 5) is 16.8. The Morgan fingerprint density at radius 3 is 2.78 bits per heavy atom. The monoisotopic (exact) mass is 241 g/mol. The van der Waals surface area contributed by atoms with E-state index in [0.29, 0.717) is 18.9 Å². The largest absolute Gasteiger partial charge is 0.381 e. The van der Waals surface area contributed by atoms with E-state index >= 15 is 0 Å². The van der Waals surface area contributed by atoms with E-state index in [2.05, 4.69) is 4.98 Å². The van der Waals surface area contributed by atoms with Crippen LogP contribution in [0.1, 0.15) is 23.3 Å². The minimum absolute atomic E-state index is 0.0667. The highest BCUT2D eigenvalue weighted by molar-refractivity contribution is 6.07. The highest BCUT2D eigenvalue weighted by Gasteiger charge is 2.24. The van der Waals surface area contributed by atoms with Gasteiger partial charge in [0.15, 0.2) is 5.78 Å². The van der Waals surface area contributed by atoms with Crippen LogP contribution >= 0.6 is 0 Å². The van der Waals surface area contributed by atoms with Crippen molar-refractivity contribution in [2.24, 2.45) is 5.92 Å². The number of rotatable bonds is 2. The van der Waals surface area contributed by atoms with Gasteiger partial charge in [-0.1, -0.05) is 24.3 Å². The van der Waals surface area contributed by atoms with Gasteiger partial charge in [-0.3, -0.25) is 9.78 Å². The first-order valence-corrected chi connectivity index (χ1v) is 6.32. The summed E-state index contributed by atoms with van der Waals surface area (Å²) in [5.74, 6) is 0.229. The number of Topliss-reactive ketones (excluding diaryl/α,β-unsaturated/α-hetero) is 1. The molecule has 1 fully saturated rings. The Kier molecular flexibility index (Phi) is 3.07. The number of benzene rings is 1. The number of carbonyl (C=O) groups excluding carboxylic acids is 1. The minimum Gasteiger partial charge on any atom is -0.381 e. The Morgan fingerprint density at radius 2 is 1.94 bits per heavy atom. The van der Waals surface area contributed by atoms with Crippen LogP contribution in [0.15, 0.2) is 36.5 Å². The summed E-state index contributed by atoms with van der Waals surface area (Å²) in [5, 5.41) is 2.03. The first-order valence-electron chi connectivity index (χ1n) is 6.32. The van der Waals surface area contributed by atoms with Crippen molar-refractivity contribution in [1.82, 2.24) is 4.98 Å². The predicted molar refractivity (Wildman–Crippen MR) is 69.6 cm³/mol. The molecular weight excluding hydrogens is 226 g/mol. The lowest BCUT2D eigenvalue weighted by Gasteiger charge is -2.20. The number of hydrogen-bond acceptors (Lipinski definition) is 3. The van der Waals surface area contributed by atoms with E-state index in [9.17, 15) is 4.79 Å². The fourth-order valence-corrected chi connectivity index (χ4v) is 2.47. The second-order valence-corrected chi connectivity index (χ2v) is 4.63. The van der Waals surface area contributed by atoms with Gasteiger partial charge in [-0.25, -0.2) is 0 Å². The molecule has 0 N–H and O–H groups in total. The van der Waals surface area contributed by atoms with E-state index in [1.807, 2.05) is 30.3 Å². The molecular formula is C15H15NO2. The predicted octanol–water partition coefficient (Wildman–Crippen LogP) is 2.84. The summed E-state index contributed by atoms with van der Waals surface area (Å²) < 4.78 is 5.30. The summed E-state index contributed by atoms with van der Waals surface area (Å²) in [6.45, 7) is 1.36. The van der Waals surface area contributed by atoms with Crippen molar-refractivity contribution in [1.29, 1.82) is 0 Å². The fraction of sp³-hybridized carbons (Fsp3) is 0.333. The van der Waals surface area contributed by atoms with Crippen molar-refractivity contribution < 1.29 is 9.53 Å². The molecule has 2 aromatic rings. The van der Waals surface area contributed by atoms with Crippen molar-refractivity contribution in [2.75, 3.05) is 13.2 Å². The smallest absolute Gasteiger partial charge is 0.185 e. The van der Waals surface area contributed by atoms with Crippen LogP contribution in [0.25, 0.3) is 10.8 Å². The van der Waals surface area contributed by atoms with Gasteiger partial charge in [0.1, 0.15) is 5.69 Å². The summed E-state index contributed by atoms with van der Waals surface area (Å²) in [5.41, 5.74) is 0.611. The van der Waals surface area contributed by atoms with E-state index in [1.165, 1.54) is 0 Å². The molecule has 1 aliphatic heterocycles. The van der Waals surface area contributed by atoms with Crippen molar-refractivity contribution >= 4 is 16.6 Å². The molecule has 3 heteroatoms. The van der Waals surface area contributed by atoms with Crippen molar-refractivity contribution in [3.05, 3.63) is 42.2 Å². The zero-order valence-electron chi connectivity index (χ0n) is 10.1. The number of nitrogens with zero attached hydrogens (tertiary/aromatic N) is 1. The summed E-state index contributed by atoms with van der Waals surface area (Å²) in [6.07, 6.45) is 3.34. The zero-order valence-corrected chi connectivity index (χ0v) is 10.1. The van der Waals surface area contributed by atoms with E-state index in [-0.39, 0.29) is 11.7 Å². The third kappa shape index (κ3) is 2.02. The fourth-order valence-electron chi connectivity index (χ4n) is 2.47. The molecule has 18 heavy (non-hydrogen) atoms. The maximum Gasteiger partial charge on any atom is 0.185 e. The molecule has 3 rings (SSSR count). The van der Waals surface area contributed by atoms with Crippen LogP contribution in [-0.4, -0.2) is 24.0 Å². The zero-order chi connectivity index (χ0) is 12.4. The number of ether oxygens (including phenoxy) is 1. The van der Waals surface area contributed by atoms with Crippen LogP contribution in [-0.2, 0) is 4.74 Å². The summed E-state index contributed by atoms with van der Waals surface area (Å²) in [6, 6.07) is 9.85. The van der Waals surface area contributed by atoms with Gasteiger partial charge >= 0.3 is 0 Å². The Morgan fingerprint density at radius 1 is 1.17 bits per heavy atom. The van der Waals surface area contributed by atoms with E-state index in [1.54, 1.807) is 6.20 Å². The quantitative estimate of drug-likeness (QED) is 0.759. The molecule has 1 aromatic heterocycles. The van der Waals surface area contributed by atoms with Gasteiger partial charge in [0.25, 0.3) is 0 Å². The van der Waals surface area contributed by atoms with Crippen molar-refractivity contribution in [3.8, 4) is 0 Å². The van der Waals surface area contributed by atoms with Crippen LogP contribution in [0.5, 0.6) is 0 Å². The first kappa shape index (κ1) is 11.4. The molecule has 1 aromatic carbocycles. The summed E-state index contributed by atoms with van der Waals surface area (Å²) in [7, 11) is 0. The van der Waals surface area contributed by atoms with Gasteiger partial charge in [-0.05, 0) is 24.3 Å². The van der Waals surface area contributed by atoms with Crippen LogP contribution in [0.3, 0.4) is 0 Å². The van der Waals surface area contributed by atoms with Crippen LogP contribution in [0.2, 0.25) is 0 Å². The Labute approximate surface area is 106 Å². The minimum atomic E-state index is 0.0667. The molecule has 3 nitrogen and oxygen atoms in total. The molecule has 1 saturated heterocycles. The van der Waals surface area contributed by atoms with Crippen LogP contribution in [0.4, 0.5) is 0 Å². The van der Waals surface area contributed by atoms with E-state index in [4.69, 9.17) is 4.74 Å². The maximum atomic E-state index is 12.5. The Balaban J connectivity index is 2.00.